The van der Waals surface area contributed by atoms with Crippen LogP contribution in [0.15, 0.2) is 30.5 Å². The van der Waals surface area contributed by atoms with E-state index in [9.17, 15) is 0 Å². The lowest BCUT2D eigenvalue weighted by atomic mass is 10.0. The van der Waals surface area contributed by atoms with Crippen molar-refractivity contribution in [2.24, 2.45) is 0 Å². The fourth-order valence-electron chi connectivity index (χ4n) is 2.51. The van der Waals surface area contributed by atoms with Gasteiger partial charge in [0, 0.05) is 13.6 Å². The second-order valence-electron chi connectivity index (χ2n) is 5.51. The first-order valence-electron chi connectivity index (χ1n) is 6.97. The summed E-state index contributed by atoms with van der Waals surface area (Å²) in [4.78, 5) is 6.62. The lowest BCUT2D eigenvalue weighted by Gasteiger charge is -2.21. The third-order valence-corrected chi connectivity index (χ3v) is 3.65. The molecule has 0 spiro atoms. The molecular formula is C17H23N3. The van der Waals surface area contributed by atoms with Gasteiger partial charge in [-0.2, -0.15) is 0 Å². The Hall–Kier alpha value is -2.03. The molecule has 0 unspecified atom stereocenters. The van der Waals surface area contributed by atoms with E-state index in [0.29, 0.717) is 5.69 Å². The normalized spacial score (nSPS) is 10.6. The molecule has 0 saturated heterocycles. The molecule has 1 aromatic heterocycles. The summed E-state index contributed by atoms with van der Waals surface area (Å²) in [6, 6.07) is 8.61. The second-order valence-corrected chi connectivity index (χ2v) is 5.51. The molecule has 2 aromatic rings. The van der Waals surface area contributed by atoms with E-state index in [1.807, 2.05) is 13.0 Å². The van der Waals surface area contributed by atoms with Crippen molar-refractivity contribution in [1.29, 1.82) is 0 Å². The number of hydrogen-bond acceptors (Lipinski definition) is 3. The number of benzene rings is 1. The molecule has 2 rings (SSSR count). The third kappa shape index (κ3) is 3.29. The van der Waals surface area contributed by atoms with Gasteiger partial charge < -0.3 is 10.6 Å². The van der Waals surface area contributed by atoms with Crippen LogP contribution in [0.25, 0.3) is 0 Å². The minimum atomic E-state index is 0.717. The van der Waals surface area contributed by atoms with Crippen LogP contribution in [0.3, 0.4) is 0 Å². The topological polar surface area (TPSA) is 42.2 Å². The molecule has 0 radical (unpaired) electrons. The number of hydrogen-bond donors (Lipinski definition) is 1. The van der Waals surface area contributed by atoms with Crippen molar-refractivity contribution in [3.8, 4) is 0 Å². The number of aromatic nitrogens is 1. The Labute approximate surface area is 121 Å². The average molecular weight is 269 g/mol. The maximum Gasteiger partial charge on any atom is 0.131 e. The SMILES string of the molecule is Cc1ccc(CCN(C)c2ncc(N)cc2C)c(C)c1. The van der Waals surface area contributed by atoms with E-state index in [0.717, 1.165) is 24.3 Å². The molecule has 0 saturated carbocycles. The molecule has 0 fully saturated rings. The third-order valence-electron chi connectivity index (χ3n) is 3.65. The molecule has 3 nitrogen and oxygen atoms in total. The van der Waals surface area contributed by atoms with E-state index < -0.39 is 0 Å². The van der Waals surface area contributed by atoms with E-state index in [-0.39, 0.29) is 0 Å². The van der Waals surface area contributed by atoms with Gasteiger partial charge in [0.1, 0.15) is 5.82 Å². The van der Waals surface area contributed by atoms with E-state index >= 15 is 0 Å². The first-order valence-corrected chi connectivity index (χ1v) is 6.97. The van der Waals surface area contributed by atoms with Gasteiger partial charge in [0.2, 0.25) is 0 Å². The fraction of sp³-hybridized carbons (Fsp3) is 0.353. The highest BCUT2D eigenvalue weighted by molar-refractivity contribution is 5.52. The molecule has 0 aliphatic rings. The lowest BCUT2D eigenvalue weighted by Crippen LogP contribution is -2.22. The Balaban J connectivity index is 2.06. The Kier molecular flexibility index (Phi) is 4.28. The minimum absolute atomic E-state index is 0.717. The zero-order valence-electron chi connectivity index (χ0n) is 12.8. The summed E-state index contributed by atoms with van der Waals surface area (Å²) >= 11 is 0. The number of anilines is 2. The second kappa shape index (κ2) is 5.95. The fourth-order valence-corrected chi connectivity index (χ4v) is 2.51. The van der Waals surface area contributed by atoms with Gasteiger partial charge in [-0.3, -0.25) is 0 Å². The van der Waals surface area contributed by atoms with Crippen molar-refractivity contribution in [3.05, 3.63) is 52.7 Å². The summed E-state index contributed by atoms with van der Waals surface area (Å²) in [5.41, 5.74) is 11.7. The number of rotatable bonds is 4. The summed E-state index contributed by atoms with van der Waals surface area (Å²) in [6.45, 7) is 7.30. The van der Waals surface area contributed by atoms with Gasteiger partial charge in [0.25, 0.3) is 0 Å². The first kappa shape index (κ1) is 14.4. The van der Waals surface area contributed by atoms with Crippen LogP contribution >= 0.6 is 0 Å². The number of pyridine rings is 1. The van der Waals surface area contributed by atoms with E-state index in [2.05, 4.69) is 49.0 Å². The highest BCUT2D eigenvalue weighted by atomic mass is 15.2. The van der Waals surface area contributed by atoms with Crippen molar-refractivity contribution in [3.63, 3.8) is 0 Å². The van der Waals surface area contributed by atoms with E-state index in [1.165, 1.54) is 16.7 Å². The van der Waals surface area contributed by atoms with E-state index in [4.69, 9.17) is 5.73 Å². The number of nitrogens with zero attached hydrogens (tertiary/aromatic N) is 2. The zero-order valence-corrected chi connectivity index (χ0v) is 12.8. The Morgan fingerprint density at radius 2 is 1.85 bits per heavy atom. The van der Waals surface area contributed by atoms with Crippen molar-refractivity contribution in [2.75, 3.05) is 24.2 Å². The maximum absolute atomic E-state index is 5.75. The van der Waals surface area contributed by atoms with Gasteiger partial charge >= 0.3 is 0 Å². The maximum atomic E-state index is 5.75. The van der Waals surface area contributed by atoms with Crippen molar-refractivity contribution >= 4 is 11.5 Å². The van der Waals surface area contributed by atoms with Crippen molar-refractivity contribution in [1.82, 2.24) is 4.98 Å². The molecule has 0 aliphatic heterocycles. The Morgan fingerprint density at radius 3 is 2.50 bits per heavy atom. The largest absolute Gasteiger partial charge is 0.397 e. The predicted octanol–water partition coefficient (Wildman–Crippen LogP) is 3.27. The molecule has 0 amide bonds. The summed E-state index contributed by atoms with van der Waals surface area (Å²) < 4.78 is 0. The van der Waals surface area contributed by atoms with Crippen LogP contribution in [0.5, 0.6) is 0 Å². The van der Waals surface area contributed by atoms with Crippen LogP contribution in [0.4, 0.5) is 11.5 Å². The molecular weight excluding hydrogens is 246 g/mol. The van der Waals surface area contributed by atoms with Crippen LogP contribution < -0.4 is 10.6 Å². The van der Waals surface area contributed by atoms with Crippen LogP contribution in [0.2, 0.25) is 0 Å². The van der Waals surface area contributed by atoms with Crippen LogP contribution in [-0.2, 0) is 6.42 Å². The standard InChI is InChI=1S/C17H23N3/c1-12-5-6-15(13(2)9-12)7-8-20(4)17-14(3)10-16(18)11-19-17/h5-6,9-11H,7-8,18H2,1-4H3. The monoisotopic (exact) mass is 269 g/mol. The van der Waals surface area contributed by atoms with Crippen LogP contribution in [0.1, 0.15) is 22.3 Å². The highest BCUT2D eigenvalue weighted by Crippen LogP contribution is 2.18. The summed E-state index contributed by atoms with van der Waals surface area (Å²) in [5, 5.41) is 0. The molecule has 0 atom stereocenters. The average Bonchev–Trinajstić information content (AvgIpc) is 2.37. The molecule has 20 heavy (non-hydrogen) atoms. The Bertz CT molecular complexity index is 605. The molecule has 2 N–H and O–H groups in total. The predicted molar refractivity (Wildman–Crippen MR) is 86.3 cm³/mol. The summed E-state index contributed by atoms with van der Waals surface area (Å²) in [7, 11) is 2.08. The molecule has 0 bridgehead atoms. The van der Waals surface area contributed by atoms with Gasteiger partial charge in [0.05, 0.1) is 11.9 Å². The van der Waals surface area contributed by atoms with Crippen molar-refractivity contribution < 1.29 is 0 Å². The quantitative estimate of drug-likeness (QED) is 0.926. The number of aryl methyl sites for hydroxylation is 3. The molecule has 3 heteroatoms. The van der Waals surface area contributed by atoms with Gasteiger partial charge in [-0.15, -0.1) is 0 Å². The number of nitrogens with two attached hydrogens (primary N) is 1. The minimum Gasteiger partial charge on any atom is -0.397 e. The van der Waals surface area contributed by atoms with Crippen molar-refractivity contribution in [2.45, 2.75) is 27.2 Å². The Morgan fingerprint density at radius 1 is 1.10 bits per heavy atom. The summed E-state index contributed by atoms with van der Waals surface area (Å²) in [5.74, 6) is 1.00. The van der Waals surface area contributed by atoms with E-state index in [1.54, 1.807) is 6.20 Å². The molecule has 1 aromatic carbocycles. The molecule has 1 heterocycles. The highest BCUT2D eigenvalue weighted by Gasteiger charge is 2.07. The van der Waals surface area contributed by atoms with Crippen LogP contribution in [0, 0.1) is 20.8 Å². The zero-order chi connectivity index (χ0) is 14.7. The number of likely N-dealkylation sites (N-methyl/N-ethyl adjacent to an activating group) is 1. The smallest absolute Gasteiger partial charge is 0.131 e. The number of nitrogen functional groups attached to an aromatic ring is 1. The first-order chi connectivity index (χ1) is 9.47. The van der Waals surface area contributed by atoms with Gasteiger partial charge in [-0.1, -0.05) is 23.8 Å². The molecule has 0 aliphatic carbocycles. The molecule has 106 valence electrons. The summed E-state index contributed by atoms with van der Waals surface area (Å²) in [6.07, 6.45) is 2.74. The lowest BCUT2D eigenvalue weighted by molar-refractivity contribution is 0.851. The van der Waals surface area contributed by atoms with Gasteiger partial charge in [-0.25, -0.2) is 4.98 Å². The van der Waals surface area contributed by atoms with Gasteiger partial charge in [0.15, 0.2) is 0 Å². The van der Waals surface area contributed by atoms with Crippen LogP contribution in [-0.4, -0.2) is 18.6 Å². The van der Waals surface area contributed by atoms with Gasteiger partial charge in [-0.05, 0) is 49.9 Å².